The van der Waals surface area contributed by atoms with Crippen molar-refractivity contribution in [3.63, 3.8) is 0 Å². The van der Waals surface area contributed by atoms with Gasteiger partial charge in [-0.05, 0) is 23.8 Å². The number of thioether (sulfide) groups is 1. The minimum Gasteiger partial charge on any atom is -0.493 e. The molecule has 0 aliphatic carbocycles. The first kappa shape index (κ1) is 20.0. The van der Waals surface area contributed by atoms with E-state index < -0.39 is 5.97 Å². The van der Waals surface area contributed by atoms with Crippen LogP contribution < -0.4 is 9.47 Å². The van der Waals surface area contributed by atoms with Crippen molar-refractivity contribution in [1.29, 1.82) is 0 Å². The average molecular weight is 369 g/mol. The number of carbonyl (C=O) groups excluding carboxylic acids is 1. The molecule has 0 saturated carbocycles. The third-order valence-electron chi connectivity index (χ3n) is 3.10. The molecule has 0 radical (unpaired) electrons. The van der Waals surface area contributed by atoms with Crippen molar-refractivity contribution in [1.82, 2.24) is 4.90 Å². The topological polar surface area (TPSA) is 76.1 Å². The van der Waals surface area contributed by atoms with E-state index >= 15 is 0 Å². The van der Waals surface area contributed by atoms with Crippen LogP contribution in [0.15, 0.2) is 23.1 Å². The molecule has 0 aromatic heterocycles. The number of amides is 1. The molecule has 24 heavy (non-hydrogen) atoms. The Labute approximate surface area is 150 Å². The number of benzene rings is 1. The maximum absolute atomic E-state index is 12.4. The SMILES string of the molecule is COc1ccc(/C=C(\SC=S)C(=O)N(C)CCC(=O)O)cc1OC. The first-order chi connectivity index (χ1) is 11.4. The standard InChI is InChI=1S/C16H19NO5S2/c1-17(7-6-15(18)19)16(20)14(24-10-23)9-11-4-5-12(21-2)13(8-11)22-3/h4-5,8-10H,6-7H2,1-3H3,(H,18,19)/b14-9-. The van der Waals surface area contributed by atoms with Gasteiger partial charge in [0.1, 0.15) is 0 Å². The molecular weight excluding hydrogens is 350 g/mol. The Morgan fingerprint density at radius 3 is 2.50 bits per heavy atom. The maximum Gasteiger partial charge on any atom is 0.305 e. The Kier molecular flexibility index (Phi) is 8.28. The largest absolute Gasteiger partial charge is 0.493 e. The summed E-state index contributed by atoms with van der Waals surface area (Å²) in [6.45, 7) is 0.120. The Balaban J connectivity index is 3.05. The number of aliphatic carboxylic acids is 1. The van der Waals surface area contributed by atoms with E-state index in [0.29, 0.717) is 16.4 Å². The third-order valence-corrected chi connectivity index (χ3v) is 4.03. The Morgan fingerprint density at radius 1 is 1.29 bits per heavy atom. The fourth-order valence-electron chi connectivity index (χ4n) is 1.84. The number of rotatable bonds is 9. The van der Waals surface area contributed by atoms with Crippen LogP contribution in [0.25, 0.3) is 6.08 Å². The smallest absolute Gasteiger partial charge is 0.305 e. The summed E-state index contributed by atoms with van der Waals surface area (Å²) in [5.74, 6) is -0.118. The fourth-order valence-corrected chi connectivity index (χ4v) is 2.72. The highest BCUT2D eigenvalue weighted by Crippen LogP contribution is 2.29. The monoisotopic (exact) mass is 369 g/mol. The second kappa shape index (κ2) is 9.94. The van der Waals surface area contributed by atoms with Crippen LogP contribution in [0.3, 0.4) is 0 Å². The normalized spacial score (nSPS) is 10.9. The Hall–Kier alpha value is -2.06. The van der Waals surface area contributed by atoms with Crippen LogP contribution in [0.4, 0.5) is 0 Å². The molecule has 0 bridgehead atoms. The van der Waals surface area contributed by atoms with Gasteiger partial charge in [0.25, 0.3) is 5.91 Å². The Bertz CT molecular complexity index is 645. The minimum atomic E-state index is -0.956. The molecule has 0 unspecified atom stereocenters. The number of carboxylic acid groups (broad SMARTS) is 1. The number of hydrogen-bond acceptors (Lipinski definition) is 6. The molecule has 0 fully saturated rings. The number of hydrogen-bond donors (Lipinski definition) is 1. The lowest BCUT2D eigenvalue weighted by molar-refractivity contribution is -0.137. The zero-order chi connectivity index (χ0) is 18.1. The molecule has 0 heterocycles. The quantitative estimate of drug-likeness (QED) is 0.530. The lowest BCUT2D eigenvalue weighted by Crippen LogP contribution is -2.29. The third kappa shape index (κ3) is 5.86. The summed E-state index contributed by atoms with van der Waals surface area (Å²) < 4.78 is 11.8. The lowest BCUT2D eigenvalue weighted by atomic mass is 10.2. The predicted molar refractivity (Wildman–Crippen MR) is 98.7 cm³/mol. The van der Waals surface area contributed by atoms with E-state index in [1.807, 2.05) is 0 Å². The summed E-state index contributed by atoms with van der Waals surface area (Å²) in [5, 5.41) is 8.72. The zero-order valence-electron chi connectivity index (χ0n) is 13.6. The van der Waals surface area contributed by atoms with Crippen LogP contribution in [-0.2, 0) is 9.59 Å². The van der Waals surface area contributed by atoms with Gasteiger partial charge in [0.15, 0.2) is 11.5 Å². The molecule has 130 valence electrons. The van der Waals surface area contributed by atoms with Crippen LogP contribution in [0.1, 0.15) is 12.0 Å². The van der Waals surface area contributed by atoms with Gasteiger partial charge in [-0.3, -0.25) is 9.59 Å². The van der Waals surface area contributed by atoms with Gasteiger partial charge in [0.2, 0.25) is 0 Å². The molecule has 1 aromatic carbocycles. The van der Waals surface area contributed by atoms with E-state index in [2.05, 4.69) is 0 Å². The molecule has 0 saturated heterocycles. The van der Waals surface area contributed by atoms with Crippen molar-refractivity contribution < 1.29 is 24.2 Å². The van der Waals surface area contributed by atoms with Gasteiger partial charge < -0.3 is 19.5 Å². The molecule has 0 spiro atoms. The molecule has 8 heteroatoms. The summed E-state index contributed by atoms with van der Waals surface area (Å²) in [7, 11) is 4.63. The van der Waals surface area contributed by atoms with Crippen molar-refractivity contribution in [3.05, 3.63) is 28.7 Å². The van der Waals surface area contributed by atoms with Crippen molar-refractivity contribution in [2.24, 2.45) is 0 Å². The van der Waals surface area contributed by atoms with Gasteiger partial charge in [-0.1, -0.05) is 30.0 Å². The van der Waals surface area contributed by atoms with Crippen LogP contribution in [0.5, 0.6) is 11.5 Å². The van der Waals surface area contributed by atoms with E-state index in [1.165, 1.54) is 16.7 Å². The maximum atomic E-state index is 12.4. The lowest BCUT2D eigenvalue weighted by Gasteiger charge is -2.17. The first-order valence-corrected chi connectivity index (χ1v) is 8.29. The Morgan fingerprint density at radius 2 is 1.96 bits per heavy atom. The predicted octanol–water partition coefficient (Wildman–Crippen LogP) is 2.67. The van der Waals surface area contributed by atoms with Crippen LogP contribution in [0.2, 0.25) is 0 Å². The molecule has 1 aromatic rings. The van der Waals surface area contributed by atoms with Gasteiger partial charge in [0.05, 0.1) is 25.5 Å². The molecule has 0 aliphatic heterocycles. The van der Waals surface area contributed by atoms with Crippen LogP contribution in [-0.4, -0.2) is 54.4 Å². The minimum absolute atomic E-state index is 0.117. The summed E-state index contributed by atoms with van der Waals surface area (Å²) in [6.07, 6.45) is 1.56. The molecule has 0 aliphatic rings. The summed E-state index contributed by atoms with van der Waals surface area (Å²) >= 11 is 5.94. The van der Waals surface area contributed by atoms with Gasteiger partial charge in [-0.2, -0.15) is 0 Å². The highest BCUT2D eigenvalue weighted by Gasteiger charge is 2.16. The summed E-state index contributed by atoms with van der Waals surface area (Å²) in [5.41, 5.74) is 0.743. The van der Waals surface area contributed by atoms with Crippen molar-refractivity contribution in [3.8, 4) is 11.5 Å². The van der Waals surface area contributed by atoms with Crippen molar-refractivity contribution in [2.75, 3.05) is 27.8 Å². The second-order valence-corrected chi connectivity index (χ2v) is 6.15. The number of likely N-dealkylation sites (N-methyl/N-ethyl adjacent to an activating group) is 1. The summed E-state index contributed by atoms with van der Waals surface area (Å²) in [4.78, 5) is 24.8. The van der Waals surface area contributed by atoms with Crippen LogP contribution in [0, 0.1) is 0 Å². The molecular formula is C16H19NO5S2. The van der Waals surface area contributed by atoms with E-state index in [9.17, 15) is 9.59 Å². The highest BCUT2D eigenvalue weighted by atomic mass is 32.2. The number of methoxy groups -OCH3 is 2. The fraction of sp³-hybridized carbons (Fsp3) is 0.312. The number of thiocarbonyl (C=S) groups is 1. The number of carboxylic acids is 1. The van der Waals surface area contributed by atoms with Gasteiger partial charge >= 0.3 is 5.97 Å². The van der Waals surface area contributed by atoms with Crippen molar-refractivity contribution >= 4 is 46.6 Å². The van der Waals surface area contributed by atoms with E-state index in [4.69, 9.17) is 26.8 Å². The molecule has 1 N–H and O–H groups in total. The summed E-state index contributed by atoms with van der Waals surface area (Å²) in [6, 6.07) is 5.27. The van der Waals surface area contributed by atoms with Crippen molar-refractivity contribution in [2.45, 2.75) is 6.42 Å². The highest BCUT2D eigenvalue weighted by molar-refractivity contribution is 8.24. The van der Waals surface area contributed by atoms with Gasteiger partial charge in [-0.25, -0.2) is 0 Å². The molecule has 6 nitrogen and oxygen atoms in total. The van der Waals surface area contributed by atoms with E-state index in [-0.39, 0.29) is 18.9 Å². The average Bonchev–Trinajstić information content (AvgIpc) is 2.58. The number of ether oxygens (including phenoxy) is 2. The molecule has 1 amide bonds. The number of nitrogens with zero attached hydrogens (tertiary/aromatic N) is 1. The van der Waals surface area contributed by atoms with Crippen LogP contribution >= 0.6 is 24.0 Å². The molecule has 0 atom stereocenters. The zero-order valence-corrected chi connectivity index (χ0v) is 15.3. The van der Waals surface area contributed by atoms with Gasteiger partial charge in [-0.15, -0.1) is 0 Å². The molecule has 1 rings (SSSR count). The van der Waals surface area contributed by atoms with E-state index in [1.54, 1.807) is 38.4 Å². The van der Waals surface area contributed by atoms with E-state index in [0.717, 1.165) is 17.3 Å². The second-order valence-electron chi connectivity index (χ2n) is 4.71. The first-order valence-electron chi connectivity index (χ1n) is 6.94. The van der Waals surface area contributed by atoms with Gasteiger partial charge in [0, 0.05) is 18.3 Å². The number of carbonyl (C=O) groups is 2.